The monoisotopic (exact) mass is 454 g/mol. The van der Waals surface area contributed by atoms with Crippen LogP contribution in [0, 0.1) is 0 Å². The lowest BCUT2D eigenvalue weighted by Gasteiger charge is -2.19. The average Bonchev–Trinajstić information content (AvgIpc) is 3.22. The number of nitrogens with zero attached hydrogens (tertiary/aromatic N) is 4. The Hall–Kier alpha value is -3.03. The first-order valence-electron chi connectivity index (χ1n) is 9.55. The van der Waals surface area contributed by atoms with Gasteiger partial charge in [0.2, 0.25) is 5.91 Å². The summed E-state index contributed by atoms with van der Waals surface area (Å²) in [7, 11) is 1.62. The fourth-order valence-corrected chi connectivity index (χ4v) is 3.92. The number of rotatable bonds is 10. The molecule has 2 aromatic carbocycles. The maximum atomic E-state index is 12.7. The summed E-state index contributed by atoms with van der Waals surface area (Å²) in [5.74, 6) is 1.55. The number of hydrogen-bond acceptors (Lipinski definition) is 5. The van der Waals surface area contributed by atoms with E-state index in [1.54, 1.807) is 24.2 Å². The Labute approximate surface area is 191 Å². The Kier molecular flexibility index (Phi) is 7.92. The molecule has 0 spiro atoms. The Bertz CT molecular complexity index is 1060. The van der Waals surface area contributed by atoms with Crippen molar-refractivity contribution in [3.63, 3.8) is 0 Å². The minimum Gasteiger partial charge on any atom is -0.497 e. The van der Waals surface area contributed by atoms with Gasteiger partial charge in [-0.05, 0) is 36.4 Å². The molecular formula is C23H23ClN4O2S. The lowest BCUT2D eigenvalue weighted by atomic mass is 10.2. The Morgan fingerprint density at radius 2 is 1.87 bits per heavy atom. The van der Waals surface area contributed by atoms with Crippen molar-refractivity contribution >= 4 is 29.3 Å². The highest BCUT2D eigenvalue weighted by molar-refractivity contribution is 7.99. The molecule has 0 aliphatic rings. The van der Waals surface area contributed by atoms with Gasteiger partial charge in [0.25, 0.3) is 0 Å². The Morgan fingerprint density at radius 3 is 2.52 bits per heavy atom. The number of amides is 1. The largest absolute Gasteiger partial charge is 0.497 e. The van der Waals surface area contributed by atoms with Gasteiger partial charge >= 0.3 is 0 Å². The van der Waals surface area contributed by atoms with E-state index in [1.165, 1.54) is 11.8 Å². The van der Waals surface area contributed by atoms with Crippen LogP contribution < -0.4 is 4.74 Å². The molecule has 0 saturated carbocycles. The maximum absolute atomic E-state index is 12.7. The summed E-state index contributed by atoms with van der Waals surface area (Å²) in [5.41, 5.74) is 1.69. The van der Waals surface area contributed by atoms with Crippen LogP contribution in [0.25, 0.3) is 17.1 Å². The minimum absolute atomic E-state index is 0.0293. The first kappa shape index (κ1) is 22.7. The number of hydrogen-bond donors (Lipinski definition) is 0. The number of halogens is 1. The number of carbonyl (C=O) groups excluding carboxylic acids is 1. The fourth-order valence-electron chi connectivity index (χ4n) is 2.94. The topological polar surface area (TPSA) is 60.3 Å². The highest BCUT2D eigenvalue weighted by Crippen LogP contribution is 2.30. The van der Waals surface area contributed by atoms with Gasteiger partial charge in [0, 0.05) is 29.4 Å². The summed E-state index contributed by atoms with van der Waals surface area (Å²) < 4.78 is 7.26. The zero-order valence-corrected chi connectivity index (χ0v) is 18.8. The van der Waals surface area contributed by atoms with Gasteiger partial charge in [0.15, 0.2) is 11.0 Å². The van der Waals surface area contributed by atoms with E-state index in [4.69, 9.17) is 16.3 Å². The van der Waals surface area contributed by atoms with Gasteiger partial charge in [-0.3, -0.25) is 9.36 Å². The third-order valence-electron chi connectivity index (χ3n) is 4.42. The second kappa shape index (κ2) is 10.8. The van der Waals surface area contributed by atoms with Gasteiger partial charge in [-0.15, -0.1) is 23.4 Å². The smallest absolute Gasteiger partial charge is 0.233 e. The van der Waals surface area contributed by atoms with Gasteiger partial charge in [0.1, 0.15) is 5.75 Å². The minimum atomic E-state index is -0.0293. The van der Waals surface area contributed by atoms with Crippen LogP contribution in [0.15, 0.2) is 79.0 Å². The molecule has 0 radical (unpaired) electrons. The van der Waals surface area contributed by atoms with E-state index in [0.29, 0.717) is 29.1 Å². The molecule has 0 N–H and O–H groups in total. The van der Waals surface area contributed by atoms with Gasteiger partial charge in [0.05, 0.1) is 12.9 Å². The maximum Gasteiger partial charge on any atom is 0.233 e. The van der Waals surface area contributed by atoms with Crippen LogP contribution in [0.5, 0.6) is 5.75 Å². The van der Waals surface area contributed by atoms with Crippen molar-refractivity contribution in [2.75, 3.05) is 26.0 Å². The molecule has 8 heteroatoms. The quantitative estimate of drug-likeness (QED) is 0.322. The molecule has 1 amide bonds. The number of aromatic nitrogens is 3. The van der Waals surface area contributed by atoms with E-state index in [1.807, 2.05) is 53.1 Å². The highest BCUT2D eigenvalue weighted by atomic mass is 35.5. The molecule has 0 fully saturated rings. The zero-order chi connectivity index (χ0) is 22.2. The second-order valence-corrected chi connectivity index (χ2v) is 7.89. The summed E-state index contributed by atoms with van der Waals surface area (Å²) in [6, 6.07) is 15.0. The summed E-state index contributed by atoms with van der Waals surface area (Å²) in [4.78, 5) is 14.3. The number of thioether (sulfide) groups is 1. The molecule has 160 valence electrons. The van der Waals surface area contributed by atoms with Crippen LogP contribution in [0.1, 0.15) is 0 Å². The SMILES string of the molecule is C=CCN(CC=C)C(=O)CSc1nnc(-c2cccc(OC)c2)n1-c1ccc(Cl)cc1. The summed E-state index contributed by atoms with van der Waals surface area (Å²) in [5, 5.41) is 10.00. The molecule has 31 heavy (non-hydrogen) atoms. The van der Waals surface area contributed by atoms with Crippen LogP contribution >= 0.6 is 23.4 Å². The molecule has 1 heterocycles. The summed E-state index contributed by atoms with van der Waals surface area (Å²) >= 11 is 7.40. The molecule has 0 aliphatic carbocycles. The van der Waals surface area contributed by atoms with Crippen molar-refractivity contribution in [2.24, 2.45) is 0 Å². The fraction of sp³-hybridized carbons (Fsp3) is 0.174. The number of methoxy groups -OCH3 is 1. The van der Waals surface area contributed by atoms with Crippen molar-refractivity contribution in [3.8, 4) is 22.8 Å². The summed E-state index contributed by atoms with van der Waals surface area (Å²) in [6.07, 6.45) is 3.40. The van der Waals surface area contributed by atoms with Crippen LogP contribution in [0.2, 0.25) is 5.02 Å². The molecular weight excluding hydrogens is 432 g/mol. The Balaban J connectivity index is 1.95. The van der Waals surface area contributed by atoms with Gasteiger partial charge in [-0.25, -0.2) is 0 Å². The van der Waals surface area contributed by atoms with Crippen molar-refractivity contribution in [1.82, 2.24) is 19.7 Å². The van der Waals surface area contributed by atoms with Crippen molar-refractivity contribution in [2.45, 2.75) is 5.16 Å². The Morgan fingerprint density at radius 1 is 1.16 bits per heavy atom. The first-order chi connectivity index (χ1) is 15.1. The molecule has 6 nitrogen and oxygen atoms in total. The third kappa shape index (κ3) is 5.57. The van der Waals surface area contributed by atoms with Crippen LogP contribution in [-0.4, -0.2) is 51.5 Å². The number of ether oxygens (including phenoxy) is 1. The zero-order valence-electron chi connectivity index (χ0n) is 17.2. The first-order valence-corrected chi connectivity index (χ1v) is 10.9. The van der Waals surface area contributed by atoms with E-state index < -0.39 is 0 Å². The van der Waals surface area contributed by atoms with Crippen molar-refractivity contribution < 1.29 is 9.53 Å². The summed E-state index contributed by atoms with van der Waals surface area (Å²) in [6.45, 7) is 8.35. The highest BCUT2D eigenvalue weighted by Gasteiger charge is 2.19. The predicted octanol–water partition coefficient (Wildman–Crippen LogP) is 4.89. The van der Waals surface area contributed by atoms with E-state index in [2.05, 4.69) is 23.4 Å². The predicted molar refractivity (Wildman–Crippen MR) is 126 cm³/mol. The molecule has 0 bridgehead atoms. The van der Waals surface area contributed by atoms with Crippen LogP contribution in [0.3, 0.4) is 0 Å². The molecule has 0 saturated heterocycles. The average molecular weight is 455 g/mol. The molecule has 0 atom stereocenters. The van der Waals surface area contributed by atoms with E-state index in [-0.39, 0.29) is 11.7 Å². The van der Waals surface area contributed by atoms with E-state index in [0.717, 1.165) is 17.0 Å². The number of benzene rings is 2. The molecule has 0 aliphatic heterocycles. The van der Waals surface area contributed by atoms with Crippen molar-refractivity contribution in [1.29, 1.82) is 0 Å². The lowest BCUT2D eigenvalue weighted by Crippen LogP contribution is -2.32. The standard InChI is InChI=1S/C23H23ClN4O2S/c1-4-13-27(14-5-2)21(29)16-31-23-26-25-22(17-7-6-8-20(15-17)30-3)28(23)19-11-9-18(24)10-12-19/h4-12,15H,1-2,13-14,16H2,3H3. The molecule has 3 aromatic rings. The molecule has 0 unspecified atom stereocenters. The van der Waals surface area contributed by atoms with Gasteiger partial charge in [-0.1, -0.05) is 47.6 Å². The normalized spacial score (nSPS) is 10.5. The second-order valence-electron chi connectivity index (χ2n) is 6.51. The van der Waals surface area contributed by atoms with Gasteiger partial charge in [-0.2, -0.15) is 0 Å². The molecule has 1 aromatic heterocycles. The van der Waals surface area contributed by atoms with Crippen LogP contribution in [0.4, 0.5) is 0 Å². The van der Waals surface area contributed by atoms with E-state index in [9.17, 15) is 4.79 Å². The third-order valence-corrected chi connectivity index (χ3v) is 5.59. The van der Waals surface area contributed by atoms with Gasteiger partial charge < -0.3 is 9.64 Å². The van der Waals surface area contributed by atoms with Crippen molar-refractivity contribution in [3.05, 3.63) is 78.9 Å². The van der Waals surface area contributed by atoms with E-state index >= 15 is 0 Å². The number of carbonyl (C=O) groups is 1. The van der Waals surface area contributed by atoms with Crippen LogP contribution in [-0.2, 0) is 4.79 Å². The lowest BCUT2D eigenvalue weighted by molar-refractivity contribution is -0.127. The molecule has 3 rings (SSSR count).